The summed E-state index contributed by atoms with van der Waals surface area (Å²) in [6.07, 6.45) is 3.26. The molecule has 132 valence electrons. The van der Waals surface area contributed by atoms with Gasteiger partial charge in [-0.05, 0) is 32.3 Å². The second-order valence-electron chi connectivity index (χ2n) is 6.00. The summed E-state index contributed by atoms with van der Waals surface area (Å²) in [4.78, 5) is 15.4. The minimum Gasteiger partial charge on any atom is -0.315 e. The molecule has 0 aliphatic rings. The van der Waals surface area contributed by atoms with Crippen LogP contribution in [-0.4, -0.2) is 43.7 Å². The fraction of sp³-hybridized carbons (Fsp3) is 0.176. The maximum atomic E-state index is 6.09. The molecule has 0 radical (unpaired) electrons. The number of thiazole rings is 1. The van der Waals surface area contributed by atoms with E-state index in [0.29, 0.717) is 16.5 Å². The molecule has 0 unspecified atom stereocenters. The van der Waals surface area contributed by atoms with E-state index in [2.05, 4.69) is 30.3 Å². The number of aromatic nitrogens is 5. The molecule has 4 aromatic rings. The summed E-state index contributed by atoms with van der Waals surface area (Å²) in [7, 11) is 4.04. The summed E-state index contributed by atoms with van der Waals surface area (Å²) >= 11 is 7.64. The highest BCUT2D eigenvalue weighted by molar-refractivity contribution is 7.13. The van der Waals surface area contributed by atoms with Crippen LogP contribution in [0.3, 0.4) is 0 Å². The second kappa shape index (κ2) is 6.99. The van der Waals surface area contributed by atoms with Crippen LogP contribution in [0.25, 0.3) is 16.7 Å². The molecule has 0 amide bonds. The van der Waals surface area contributed by atoms with E-state index in [-0.39, 0.29) is 0 Å². The van der Waals surface area contributed by atoms with Gasteiger partial charge in [0, 0.05) is 16.9 Å². The largest absolute Gasteiger partial charge is 0.315 e. The molecule has 1 N–H and O–H groups in total. The summed E-state index contributed by atoms with van der Waals surface area (Å²) in [5.74, 6) is 0.675. The fourth-order valence-electron chi connectivity index (χ4n) is 2.60. The molecule has 0 spiro atoms. The van der Waals surface area contributed by atoms with Crippen molar-refractivity contribution in [3.8, 4) is 5.69 Å². The van der Waals surface area contributed by atoms with Crippen LogP contribution in [0, 0.1) is 0 Å². The van der Waals surface area contributed by atoms with Gasteiger partial charge in [0.2, 0.25) is 0 Å². The molecule has 0 saturated heterocycles. The Labute approximate surface area is 159 Å². The van der Waals surface area contributed by atoms with Gasteiger partial charge in [0.1, 0.15) is 12.1 Å². The molecule has 1 aromatic carbocycles. The molecule has 0 aliphatic carbocycles. The predicted molar refractivity (Wildman–Crippen MR) is 104 cm³/mol. The minimum absolute atomic E-state index is 0.648. The van der Waals surface area contributed by atoms with Crippen molar-refractivity contribution in [2.75, 3.05) is 19.4 Å². The molecular formula is C17H16ClN7S. The summed E-state index contributed by atoms with van der Waals surface area (Å²) < 4.78 is 1.74. The summed E-state index contributed by atoms with van der Waals surface area (Å²) in [5, 5.41) is 12.0. The van der Waals surface area contributed by atoms with E-state index in [1.54, 1.807) is 22.2 Å². The van der Waals surface area contributed by atoms with E-state index >= 15 is 0 Å². The first-order valence-electron chi connectivity index (χ1n) is 7.91. The average Bonchev–Trinajstić information content (AvgIpc) is 3.22. The van der Waals surface area contributed by atoms with Gasteiger partial charge < -0.3 is 10.2 Å². The predicted octanol–water partition coefficient (Wildman–Crippen LogP) is 3.73. The van der Waals surface area contributed by atoms with E-state index < -0.39 is 0 Å². The van der Waals surface area contributed by atoms with Crippen molar-refractivity contribution < 1.29 is 0 Å². The minimum atomic E-state index is 0.648. The number of rotatable bonds is 5. The smallest absolute Gasteiger partial charge is 0.188 e. The van der Waals surface area contributed by atoms with Crippen molar-refractivity contribution in [2.45, 2.75) is 6.54 Å². The summed E-state index contributed by atoms with van der Waals surface area (Å²) in [6.45, 7) is 0.796. The van der Waals surface area contributed by atoms with Gasteiger partial charge in [-0.25, -0.2) is 19.6 Å². The molecule has 26 heavy (non-hydrogen) atoms. The van der Waals surface area contributed by atoms with E-state index in [1.807, 2.05) is 43.7 Å². The monoisotopic (exact) mass is 385 g/mol. The molecule has 0 aliphatic heterocycles. The maximum absolute atomic E-state index is 6.09. The quantitative estimate of drug-likeness (QED) is 0.564. The highest BCUT2D eigenvalue weighted by Crippen LogP contribution is 2.27. The van der Waals surface area contributed by atoms with Crippen LogP contribution < -0.4 is 5.32 Å². The third kappa shape index (κ3) is 3.39. The first-order chi connectivity index (χ1) is 12.6. The van der Waals surface area contributed by atoms with Gasteiger partial charge in [-0.2, -0.15) is 5.10 Å². The molecule has 0 bridgehead atoms. The van der Waals surface area contributed by atoms with Gasteiger partial charge in [-0.1, -0.05) is 17.7 Å². The number of nitrogens with zero attached hydrogens (tertiary/aromatic N) is 6. The van der Waals surface area contributed by atoms with E-state index in [9.17, 15) is 0 Å². The third-order valence-corrected chi connectivity index (χ3v) is 4.72. The Kier molecular flexibility index (Phi) is 4.54. The molecular weight excluding hydrogens is 370 g/mol. The zero-order valence-corrected chi connectivity index (χ0v) is 15.8. The Morgan fingerprint density at radius 3 is 2.96 bits per heavy atom. The fourth-order valence-corrected chi connectivity index (χ4v) is 3.49. The van der Waals surface area contributed by atoms with Gasteiger partial charge in [0.25, 0.3) is 0 Å². The lowest BCUT2D eigenvalue weighted by molar-refractivity contribution is 0.398. The van der Waals surface area contributed by atoms with E-state index in [0.717, 1.165) is 28.4 Å². The molecule has 3 heterocycles. The number of fused-ring (bicyclic) bond motifs is 1. The van der Waals surface area contributed by atoms with Crippen molar-refractivity contribution in [3.63, 3.8) is 0 Å². The van der Waals surface area contributed by atoms with Crippen LogP contribution in [0.4, 0.5) is 10.9 Å². The number of hydrogen-bond acceptors (Lipinski definition) is 7. The summed E-state index contributed by atoms with van der Waals surface area (Å²) in [5.41, 5.74) is 2.57. The SMILES string of the molecule is CN(C)Cc1csc(Nc2ncnc3c2cnn3-c2cccc(Cl)c2)n1. The van der Waals surface area contributed by atoms with Crippen LogP contribution in [0.2, 0.25) is 5.02 Å². The lowest BCUT2D eigenvalue weighted by Crippen LogP contribution is -2.10. The van der Waals surface area contributed by atoms with E-state index in [1.165, 1.54) is 6.33 Å². The first-order valence-corrected chi connectivity index (χ1v) is 9.17. The first kappa shape index (κ1) is 16.9. The molecule has 0 saturated carbocycles. The Hall–Kier alpha value is -2.55. The zero-order valence-electron chi connectivity index (χ0n) is 14.2. The van der Waals surface area contributed by atoms with Crippen LogP contribution in [0.15, 0.2) is 42.2 Å². The molecule has 9 heteroatoms. The molecule has 0 fully saturated rings. The molecule has 4 rings (SSSR count). The normalized spacial score (nSPS) is 11.4. The third-order valence-electron chi connectivity index (χ3n) is 3.67. The molecule has 0 atom stereocenters. The van der Waals surface area contributed by atoms with Crippen LogP contribution in [0.1, 0.15) is 5.69 Å². The van der Waals surface area contributed by atoms with Crippen molar-refractivity contribution in [1.29, 1.82) is 0 Å². The van der Waals surface area contributed by atoms with Crippen molar-refractivity contribution in [2.24, 2.45) is 0 Å². The van der Waals surface area contributed by atoms with Gasteiger partial charge in [0.05, 0.1) is 23.0 Å². The van der Waals surface area contributed by atoms with Gasteiger partial charge >= 0.3 is 0 Å². The Balaban J connectivity index is 1.68. The van der Waals surface area contributed by atoms with Crippen LogP contribution >= 0.6 is 22.9 Å². The molecule has 3 aromatic heterocycles. The van der Waals surface area contributed by atoms with Crippen LogP contribution in [-0.2, 0) is 6.54 Å². The average molecular weight is 386 g/mol. The number of nitrogens with one attached hydrogen (secondary N) is 1. The second-order valence-corrected chi connectivity index (χ2v) is 7.30. The molecule has 7 nitrogen and oxygen atoms in total. The lowest BCUT2D eigenvalue weighted by atomic mass is 10.3. The maximum Gasteiger partial charge on any atom is 0.188 e. The van der Waals surface area contributed by atoms with Gasteiger partial charge in [-0.3, -0.25) is 0 Å². The van der Waals surface area contributed by atoms with Crippen LogP contribution in [0.5, 0.6) is 0 Å². The van der Waals surface area contributed by atoms with Gasteiger partial charge in [0.15, 0.2) is 10.8 Å². The van der Waals surface area contributed by atoms with Gasteiger partial charge in [-0.15, -0.1) is 11.3 Å². The number of anilines is 2. The highest BCUT2D eigenvalue weighted by Gasteiger charge is 2.13. The zero-order chi connectivity index (χ0) is 18.1. The topological polar surface area (TPSA) is 71.8 Å². The Morgan fingerprint density at radius 1 is 1.27 bits per heavy atom. The number of benzene rings is 1. The highest BCUT2D eigenvalue weighted by atomic mass is 35.5. The van der Waals surface area contributed by atoms with Crippen molar-refractivity contribution in [1.82, 2.24) is 29.6 Å². The van der Waals surface area contributed by atoms with Crippen molar-refractivity contribution >= 4 is 44.9 Å². The van der Waals surface area contributed by atoms with E-state index in [4.69, 9.17) is 11.6 Å². The number of halogens is 1. The lowest BCUT2D eigenvalue weighted by Gasteiger charge is -2.06. The Bertz CT molecular complexity index is 1060. The Morgan fingerprint density at radius 2 is 2.15 bits per heavy atom. The summed E-state index contributed by atoms with van der Waals surface area (Å²) in [6, 6.07) is 7.49. The van der Waals surface area contributed by atoms with Crippen molar-refractivity contribution in [3.05, 3.63) is 52.9 Å². The number of hydrogen-bond donors (Lipinski definition) is 1. The standard InChI is InChI=1S/C17H16ClN7S/c1-24(2)8-12-9-26-17(22-12)23-15-14-7-21-25(16(14)20-10-19-15)13-5-3-4-11(18)6-13/h3-7,9-10H,8H2,1-2H3,(H,19,20,22,23).